The van der Waals surface area contributed by atoms with Crippen molar-refractivity contribution >= 4 is 28.2 Å². The highest BCUT2D eigenvalue weighted by atomic mass is 35.5. The van der Waals surface area contributed by atoms with Crippen LogP contribution in [0.2, 0.25) is 5.02 Å². The van der Waals surface area contributed by atoms with Gasteiger partial charge in [0.2, 0.25) is 0 Å². The van der Waals surface area contributed by atoms with E-state index in [-0.39, 0.29) is 0 Å². The lowest BCUT2D eigenvalue weighted by atomic mass is 10.1. The second-order valence-corrected chi connectivity index (χ2v) is 5.17. The molecule has 0 aliphatic rings. The Hall–Kier alpha value is -2.06. The third-order valence-corrected chi connectivity index (χ3v) is 3.86. The minimum Gasteiger partial charge on any atom is -0.381 e. The average molecular weight is 283 g/mol. The van der Waals surface area contributed by atoms with E-state index >= 15 is 0 Å². The Morgan fingerprint density at radius 2 is 1.85 bits per heavy atom. The summed E-state index contributed by atoms with van der Waals surface area (Å²) in [5.74, 6) is 0. The Balaban J connectivity index is 1.89. The molecule has 2 nitrogen and oxygen atoms in total. The van der Waals surface area contributed by atoms with E-state index < -0.39 is 0 Å². The fourth-order valence-corrected chi connectivity index (χ4v) is 2.47. The van der Waals surface area contributed by atoms with E-state index in [1.54, 1.807) is 0 Å². The minimum atomic E-state index is 0.732. The molecule has 0 aliphatic heterocycles. The molecule has 3 heteroatoms. The lowest BCUT2D eigenvalue weighted by molar-refractivity contribution is 1.14. The van der Waals surface area contributed by atoms with Gasteiger partial charge in [-0.3, -0.25) is 4.98 Å². The first-order valence-electron chi connectivity index (χ1n) is 6.57. The van der Waals surface area contributed by atoms with Gasteiger partial charge in [0.05, 0.1) is 5.52 Å². The van der Waals surface area contributed by atoms with E-state index in [1.807, 2.05) is 37.4 Å². The van der Waals surface area contributed by atoms with Gasteiger partial charge in [0.25, 0.3) is 0 Å². The van der Waals surface area contributed by atoms with Gasteiger partial charge in [0, 0.05) is 28.8 Å². The van der Waals surface area contributed by atoms with E-state index in [1.165, 1.54) is 5.56 Å². The molecule has 100 valence electrons. The predicted molar refractivity (Wildman–Crippen MR) is 85.3 cm³/mol. The number of nitrogens with one attached hydrogen (secondary N) is 1. The van der Waals surface area contributed by atoms with Gasteiger partial charge < -0.3 is 5.32 Å². The quantitative estimate of drug-likeness (QED) is 0.746. The normalized spacial score (nSPS) is 10.7. The fraction of sp³-hybridized carbons (Fsp3) is 0.118. The third-order valence-electron chi connectivity index (χ3n) is 3.45. The zero-order chi connectivity index (χ0) is 13.9. The Labute approximate surface area is 123 Å². The second-order valence-electron chi connectivity index (χ2n) is 4.76. The Morgan fingerprint density at radius 1 is 1.05 bits per heavy atom. The van der Waals surface area contributed by atoms with E-state index in [4.69, 9.17) is 11.6 Å². The van der Waals surface area contributed by atoms with Crippen LogP contribution in [-0.4, -0.2) is 4.98 Å². The van der Waals surface area contributed by atoms with Gasteiger partial charge in [-0.25, -0.2) is 0 Å². The van der Waals surface area contributed by atoms with Crippen LogP contribution < -0.4 is 5.32 Å². The van der Waals surface area contributed by atoms with Gasteiger partial charge in [-0.2, -0.15) is 0 Å². The van der Waals surface area contributed by atoms with Crippen molar-refractivity contribution in [2.24, 2.45) is 0 Å². The lowest BCUT2D eigenvalue weighted by Crippen LogP contribution is -2.02. The van der Waals surface area contributed by atoms with Gasteiger partial charge in [-0.1, -0.05) is 41.9 Å². The summed E-state index contributed by atoms with van der Waals surface area (Å²) in [6.07, 6.45) is 1.83. The molecule has 0 bridgehead atoms. The largest absolute Gasteiger partial charge is 0.381 e. The molecule has 0 fully saturated rings. The van der Waals surface area contributed by atoms with Crippen LogP contribution in [0.3, 0.4) is 0 Å². The molecule has 2 aromatic carbocycles. The first kappa shape index (κ1) is 12.9. The van der Waals surface area contributed by atoms with Crippen molar-refractivity contribution in [1.29, 1.82) is 0 Å². The average Bonchev–Trinajstić information content (AvgIpc) is 2.49. The SMILES string of the molecule is Cc1c(Cl)cccc1NCc1cccc2cccnc12. The molecule has 1 N–H and O–H groups in total. The van der Waals surface area contributed by atoms with E-state index in [0.29, 0.717) is 0 Å². The minimum absolute atomic E-state index is 0.732. The topological polar surface area (TPSA) is 24.9 Å². The highest BCUT2D eigenvalue weighted by Crippen LogP contribution is 2.24. The molecule has 3 rings (SSSR count). The maximum atomic E-state index is 6.14. The van der Waals surface area contributed by atoms with E-state index in [2.05, 4.69) is 34.6 Å². The lowest BCUT2D eigenvalue weighted by Gasteiger charge is -2.11. The van der Waals surface area contributed by atoms with Crippen LogP contribution in [0.4, 0.5) is 5.69 Å². The highest BCUT2D eigenvalue weighted by Gasteiger charge is 2.04. The molecular weight excluding hydrogens is 268 g/mol. The van der Waals surface area contributed by atoms with Gasteiger partial charge >= 0.3 is 0 Å². The molecule has 3 aromatic rings. The maximum absolute atomic E-state index is 6.14. The molecule has 0 atom stereocenters. The second kappa shape index (κ2) is 5.51. The number of hydrogen-bond donors (Lipinski definition) is 1. The van der Waals surface area contributed by atoms with Crippen LogP contribution in [0.15, 0.2) is 54.7 Å². The number of halogens is 1. The molecule has 0 saturated carbocycles. The van der Waals surface area contributed by atoms with Crippen LogP contribution >= 0.6 is 11.6 Å². The standard InChI is InChI=1S/C17H15ClN2/c1-12-15(18)8-3-9-16(12)20-11-14-6-2-5-13-7-4-10-19-17(13)14/h2-10,20H,11H2,1H3. The van der Waals surface area contributed by atoms with E-state index in [0.717, 1.165) is 33.7 Å². The summed E-state index contributed by atoms with van der Waals surface area (Å²) < 4.78 is 0. The number of pyridine rings is 1. The Bertz CT molecular complexity index is 748. The highest BCUT2D eigenvalue weighted by molar-refractivity contribution is 6.31. The number of para-hydroxylation sites is 1. The Kier molecular flexibility index (Phi) is 3.57. The molecule has 0 radical (unpaired) electrons. The summed E-state index contributed by atoms with van der Waals surface area (Å²) in [5, 5.41) is 5.38. The number of rotatable bonds is 3. The van der Waals surface area contributed by atoms with Gasteiger partial charge in [0.15, 0.2) is 0 Å². The fourth-order valence-electron chi connectivity index (χ4n) is 2.30. The summed E-state index contributed by atoms with van der Waals surface area (Å²) in [6, 6.07) is 16.2. The predicted octanol–water partition coefficient (Wildman–Crippen LogP) is 4.81. The van der Waals surface area contributed by atoms with Crippen LogP contribution in [0.25, 0.3) is 10.9 Å². The van der Waals surface area contributed by atoms with Gasteiger partial charge in [-0.15, -0.1) is 0 Å². The summed E-state index contributed by atoms with van der Waals surface area (Å²) >= 11 is 6.14. The van der Waals surface area contributed by atoms with Crippen LogP contribution in [0.5, 0.6) is 0 Å². The number of fused-ring (bicyclic) bond motifs is 1. The summed E-state index contributed by atoms with van der Waals surface area (Å²) in [6.45, 7) is 2.75. The van der Waals surface area contributed by atoms with Crippen LogP contribution in [-0.2, 0) is 6.54 Å². The van der Waals surface area contributed by atoms with Crippen molar-refractivity contribution in [1.82, 2.24) is 4.98 Å². The zero-order valence-corrected chi connectivity index (χ0v) is 12.0. The number of anilines is 1. The van der Waals surface area contributed by atoms with Crippen LogP contribution in [0, 0.1) is 6.92 Å². The Morgan fingerprint density at radius 3 is 2.75 bits per heavy atom. The zero-order valence-electron chi connectivity index (χ0n) is 11.2. The molecule has 0 saturated heterocycles. The molecule has 0 unspecified atom stereocenters. The maximum Gasteiger partial charge on any atom is 0.0751 e. The molecule has 0 spiro atoms. The first-order valence-corrected chi connectivity index (χ1v) is 6.95. The van der Waals surface area contributed by atoms with Crippen LogP contribution in [0.1, 0.15) is 11.1 Å². The van der Waals surface area contributed by atoms with Crippen molar-refractivity contribution in [3.05, 3.63) is 70.9 Å². The van der Waals surface area contributed by atoms with Crippen molar-refractivity contribution < 1.29 is 0 Å². The number of benzene rings is 2. The molecule has 1 heterocycles. The number of hydrogen-bond acceptors (Lipinski definition) is 2. The third kappa shape index (κ3) is 2.47. The van der Waals surface area contributed by atoms with Crippen molar-refractivity contribution in [2.75, 3.05) is 5.32 Å². The van der Waals surface area contributed by atoms with Crippen molar-refractivity contribution in [3.63, 3.8) is 0 Å². The molecule has 0 amide bonds. The van der Waals surface area contributed by atoms with E-state index in [9.17, 15) is 0 Å². The van der Waals surface area contributed by atoms with Crippen molar-refractivity contribution in [2.45, 2.75) is 13.5 Å². The van der Waals surface area contributed by atoms with Gasteiger partial charge in [0.1, 0.15) is 0 Å². The molecule has 1 aromatic heterocycles. The van der Waals surface area contributed by atoms with Crippen molar-refractivity contribution in [3.8, 4) is 0 Å². The number of aromatic nitrogens is 1. The number of nitrogens with zero attached hydrogens (tertiary/aromatic N) is 1. The summed E-state index contributed by atoms with van der Waals surface area (Å²) in [5.41, 5.74) is 4.36. The smallest absolute Gasteiger partial charge is 0.0751 e. The molecular formula is C17H15ClN2. The first-order chi connectivity index (χ1) is 9.75. The van der Waals surface area contributed by atoms with Gasteiger partial charge in [-0.05, 0) is 36.2 Å². The summed E-state index contributed by atoms with van der Waals surface area (Å²) in [7, 11) is 0. The monoisotopic (exact) mass is 282 g/mol. The summed E-state index contributed by atoms with van der Waals surface area (Å²) in [4.78, 5) is 4.47. The molecule has 0 aliphatic carbocycles. The molecule has 20 heavy (non-hydrogen) atoms.